The zero-order valence-corrected chi connectivity index (χ0v) is 13.8. The number of nitro groups is 1. The molecule has 0 N–H and O–H groups in total. The molecule has 0 aliphatic heterocycles. The first kappa shape index (κ1) is 17.3. The van der Waals surface area contributed by atoms with Gasteiger partial charge >= 0.3 is 0 Å². The highest BCUT2D eigenvalue weighted by molar-refractivity contribution is 6.18. The van der Waals surface area contributed by atoms with Gasteiger partial charge in [-0.3, -0.25) is 10.1 Å². The lowest BCUT2D eigenvalue weighted by Crippen LogP contribution is -1.87. The minimum Gasteiger partial charge on any atom is -0.258 e. The summed E-state index contributed by atoms with van der Waals surface area (Å²) in [6.45, 7) is 0. The van der Waals surface area contributed by atoms with Gasteiger partial charge in [0.2, 0.25) is 0 Å². The van der Waals surface area contributed by atoms with Crippen LogP contribution in [-0.4, -0.2) is 4.92 Å². The molecule has 0 aliphatic carbocycles. The second-order valence-corrected chi connectivity index (χ2v) is 5.36. The van der Waals surface area contributed by atoms with E-state index in [1.807, 2.05) is 18.2 Å². The van der Waals surface area contributed by atoms with Crippen molar-refractivity contribution < 1.29 is 4.92 Å². The van der Waals surface area contributed by atoms with Crippen molar-refractivity contribution in [2.24, 2.45) is 0 Å². The summed E-state index contributed by atoms with van der Waals surface area (Å²) in [5.41, 5.74) is 2.19. The molecular weight excluding hydrogens is 333 g/mol. The molecule has 0 saturated heterocycles. The highest BCUT2D eigenvalue weighted by Gasteiger charge is 2.02. The summed E-state index contributed by atoms with van der Waals surface area (Å²) in [6.07, 6.45) is 0. The first-order valence-electron chi connectivity index (χ1n) is 6.97. The molecule has 0 aromatic heterocycles. The van der Waals surface area contributed by atoms with Gasteiger partial charge in [0.25, 0.3) is 5.69 Å². The number of rotatable bonds is 3. The number of hydrogen-bond donors (Lipinski definition) is 0. The summed E-state index contributed by atoms with van der Waals surface area (Å²) in [5.74, 6) is 0.972. The summed E-state index contributed by atoms with van der Waals surface area (Å²) >= 11 is 11.3. The van der Waals surface area contributed by atoms with E-state index in [1.165, 1.54) is 28.5 Å². The highest BCUT2D eigenvalue weighted by Crippen LogP contribution is 2.19. The van der Waals surface area contributed by atoms with Crippen molar-refractivity contribution in [3.05, 3.63) is 88.0 Å². The lowest BCUT2D eigenvalue weighted by atomic mass is 10.1. The van der Waals surface area contributed by atoms with Gasteiger partial charge in [-0.05, 0) is 21.9 Å². The Morgan fingerprint density at radius 3 is 2.09 bits per heavy atom. The summed E-state index contributed by atoms with van der Waals surface area (Å²) in [6, 6.07) is 20.7. The minimum absolute atomic E-state index is 0.0962. The van der Waals surface area contributed by atoms with E-state index in [9.17, 15) is 10.1 Å². The topological polar surface area (TPSA) is 43.1 Å². The first-order chi connectivity index (χ1) is 11.2. The molecule has 0 spiro atoms. The molecule has 23 heavy (non-hydrogen) atoms. The average Bonchev–Trinajstić information content (AvgIpc) is 2.61. The molecule has 0 radical (unpaired) electrons. The average molecular weight is 348 g/mol. The normalized spacial score (nSPS) is 10.0. The fourth-order valence-electron chi connectivity index (χ4n) is 2.12. The standard InChI is InChI=1S/C11H9Cl.C7H6ClNO2/c12-8-10-6-3-5-9-4-1-2-7-11(9)10;8-5-6-1-3-7(4-2-6)9(10)11/h1-7H,8H2;1-4H,5H2. The molecule has 0 bridgehead atoms. The van der Waals surface area contributed by atoms with Crippen molar-refractivity contribution in [3.63, 3.8) is 0 Å². The van der Waals surface area contributed by atoms with Crippen molar-refractivity contribution in [2.45, 2.75) is 11.8 Å². The van der Waals surface area contributed by atoms with E-state index < -0.39 is 4.92 Å². The number of nitrogens with zero attached hydrogens (tertiary/aromatic N) is 1. The van der Waals surface area contributed by atoms with Gasteiger partial charge in [-0.15, -0.1) is 23.2 Å². The number of nitro benzene ring substituents is 1. The quantitative estimate of drug-likeness (QED) is 0.335. The summed E-state index contributed by atoms with van der Waals surface area (Å²) in [7, 11) is 0. The lowest BCUT2D eigenvalue weighted by molar-refractivity contribution is -0.384. The van der Waals surface area contributed by atoms with Gasteiger partial charge in [0, 0.05) is 23.9 Å². The van der Waals surface area contributed by atoms with Crippen LogP contribution in [0.3, 0.4) is 0 Å². The first-order valence-corrected chi connectivity index (χ1v) is 8.04. The van der Waals surface area contributed by atoms with Gasteiger partial charge < -0.3 is 0 Å². The van der Waals surface area contributed by atoms with Crippen LogP contribution in [0.15, 0.2) is 66.7 Å². The van der Waals surface area contributed by atoms with E-state index in [0.717, 1.165) is 5.56 Å². The Morgan fingerprint density at radius 1 is 0.826 bits per heavy atom. The van der Waals surface area contributed by atoms with Crippen molar-refractivity contribution in [1.82, 2.24) is 0 Å². The highest BCUT2D eigenvalue weighted by atomic mass is 35.5. The molecule has 0 atom stereocenters. The van der Waals surface area contributed by atoms with Crippen LogP contribution in [0.1, 0.15) is 11.1 Å². The van der Waals surface area contributed by atoms with Crippen LogP contribution in [0.25, 0.3) is 10.8 Å². The molecule has 0 aliphatic rings. The molecule has 0 heterocycles. The molecule has 0 unspecified atom stereocenters. The third-order valence-electron chi connectivity index (χ3n) is 3.33. The van der Waals surface area contributed by atoms with Crippen LogP contribution in [0.2, 0.25) is 0 Å². The van der Waals surface area contributed by atoms with E-state index >= 15 is 0 Å². The Kier molecular flexibility index (Phi) is 6.39. The maximum Gasteiger partial charge on any atom is 0.269 e. The SMILES string of the molecule is ClCc1cccc2ccccc12.O=[N+]([O-])c1ccc(CCl)cc1. The Hall–Kier alpha value is -2.10. The second-order valence-electron chi connectivity index (χ2n) is 4.83. The van der Waals surface area contributed by atoms with Crippen molar-refractivity contribution >= 4 is 39.7 Å². The molecule has 0 amide bonds. The van der Waals surface area contributed by atoms with E-state index in [1.54, 1.807) is 12.1 Å². The molecule has 3 aromatic carbocycles. The van der Waals surface area contributed by atoms with Crippen LogP contribution in [-0.2, 0) is 11.8 Å². The number of fused-ring (bicyclic) bond motifs is 1. The number of hydrogen-bond acceptors (Lipinski definition) is 2. The Morgan fingerprint density at radius 2 is 1.48 bits per heavy atom. The van der Waals surface area contributed by atoms with Gasteiger partial charge in [-0.2, -0.15) is 0 Å². The molecule has 5 heteroatoms. The predicted molar refractivity (Wildman–Crippen MR) is 96.2 cm³/mol. The fourth-order valence-corrected chi connectivity index (χ4v) is 2.53. The van der Waals surface area contributed by atoms with E-state index in [0.29, 0.717) is 11.8 Å². The predicted octanol–water partition coefficient (Wildman–Crippen LogP) is 5.91. The lowest BCUT2D eigenvalue weighted by Gasteiger charge is -2.01. The molecule has 118 valence electrons. The van der Waals surface area contributed by atoms with Crippen LogP contribution in [0.5, 0.6) is 0 Å². The maximum absolute atomic E-state index is 10.2. The van der Waals surface area contributed by atoms with Crippen molar-refractivity contribution in [1.29, 1.82) is 0 Å². The molecule has 0 fully saturated rings. The van der Waals surface area contributed by atoms with Crippen molar-refractivity contribution in [3.8, 4) is 0 Å². The Bertz CT molecular complexity index is 783. The van der Waals surface area contributed by atoms with Gasteiger partial charge in [0.1, 0.15) is 0 Å². The molecule has 3 rings (SSSR count). The number of benzene rings is 3. The zero-order chi connectivity index (χ0) is 16.7. The molecular formula is C18H15Cl2NO2. The minimum atomic E-state index is -0.433. The van der Waals surface area contributed by atoms with Crippen LogP contribution < -0.4 is 0 Å². The fraction of sp³-hybridized carbons (Fsp3) is 0.111. The molecule has 0 saturated carbocycles. The van der Waals surface area contributed by atoms with Crippen LogP contribution >= 0.6 is 23.2 Å². The zero-order valence-electron chi connectivity index (χ0n) is 12.3. The maximum atomic E-state index is 10.2. The summed E-state index contributed by atoms with van der Waals surface area (Å²) < 4.78 is 0. The smallest absolute Gasteiger partial charge is 0.258 e. The Balaban J connectivity index is 0.000000168. The van der Waals surface area contributed by atoms with Gasteiger partial charge in [0.15, 0.2) is 0 Å². The second kappa shape index (κ2) is 8.51. The number of non-ortho nitro benzene ring substituents is 1. The summed E-state index contributed by atoms with van der Waals surface area (Å²) in [4.78, 5) is 9.74. The monoisotopic (exact) mass is 347 g/mol. The number of alkyl halides is 2. The molecule has 3 aromatic rings. The summed E-state index contributed by atoms with van der Waals surface area (Å²) in [5, 5.41) is 12.7. The van der Waals surface area contributed by atoms with Gasteiger partial charge in [0.05, 0.1) is 4.92 Å². The van der Waals surface area contributed by atoms with Gasteiger partial charge in [-0.1, -0.05) is 54.6 Å². The third kappa shape index (κ3) is 4.68. The van der Waals surface area contributed by atoms with E-state index in [-0.39, 0.29) is 5.69 Å². The van der Waals surface area contributed by atoms with Crippen LogP contribution in [0, 0.1) is 10.1 Å². The third-order valence-corrected chi connectivity index (χ3v) is 3.92. The number of halogens is 2. The van der Waals surface area contributed by atoms with E-state index in [2.05, 4.69) is 24.3 Å². The van der Waals surface area contributed by atoms with E-state index in [4.69, 9.17) is 23.2 Å². The molecule has 3 nitrogen and oxygen atoms in total. The van der Waals surface area contributed by atoms with Crippen molar-refractivity contribution in [2.75, 3.05) is 0 Å². The largest absolute Gasteiger partial charge is 0.269 e. The van der Waals surface area contributed by atoms with Crippen LogP contribution in [0.4, 0.5) is 5.69 Å². The Labute approximate surface area is 144 Å². The van der Waals surface area contributed by atoms with Gasteiger partial charge in [-0.25, -0.2) is 0 Å².